The molecular formula is C20H36O. The van der Waals surface area contributed by atoms with E-state index in [0.717, 1.165) is 24.4 Å². The first kappa shape index (κ1) is 17.1. The van der Waals surface area contributed by atoms with Crippen molar-refractivity contribution >= 4 is 0 Å². The summed E-state index contributed by atoms with van der Waals surface area (Å²) < 4.78 is 6.01. The minimum absolute atomic E-state index is 0.580. The van der Waals surface area contributed by atoms with Crippen molar-refractivity contribution in [1.29, 1.82) is 0 Å². The van der Waals surface area contributed by atoms with Gasteiger partial charge in [-0.15, -0.1) is 0 Å². The largest absolute Gasteiger partial charge is 0.378 e. The fraction of sp³-hybridized carbons (Fsp3) is 0.900. The van der Waals surface area contributed by atoms with Crippen molar-refractivity contribution in [2.45, 2.75) is 90.6 Å². The zero-order chi connectivity index (χ0) is 14.9. The van der Waals surface area contributed by atoms with Crippen molar-refractivity contribution in [2.24, 2.45) is 17.8 Å². The van der Waals surface area contributed by atoms with Gasteiger partial charge >= 0.3 is 0 Å². The van der Waals surface area contributed by atoms with Crippen molar-refractivity contribution < 1.29 is 4.74 Å². The first-order valence-corrected chi connectivity index (χ1v) is 9.61. The summed E-state index contributed by atoms with van der Waals surface area (Å²) >= 11 is 0. The Morgan fingerprint density at radius 1 is 0.857 bits per heavy atom. The summed E-state index contributed by atoms with van der Waals surface area (Å²) in [6.45, 7) is 5.47. The summed E-state index contributed by atoms with van der Waals surface area (Å²) in [6, 6.07) is 0. The zero-order valence-corrected chi connectivity index (χ0v) is 14.4. The first-order chi connectivity index (χ1) is 10.3. The molecule has 0 aromatic rings. The molecule has 0 aliphatic heterocycles. The fourth-order valence-corrected chi connectivity index (χ4v) is 4.26. The molecule has 122 valence electrons. The highest BCUT2D eigenvalue weighted by Gasteiger charge is 2.30. The van der Waals surface area contributed by atoms with Gasteiger partial charge in [-0.25, -0.2) is 0 Å². The molecule has 2 fully saturated rings. The molecule has 0 radical (unpaired) electrons. The van der Waals surface area contributed by atoms with Crippen LogP contribution in [0.2, 0.25) is 0 Å². The van der Waals surface area contributed by atoms with E-state index in [1.165, 1.54) is 70.6 Å². The van der Waals surface area contributed by atoms with Gasteiger partial charge < -0.3 is 4.74 Å². The molecule has 0 aromatic heterocycles. The van der Waals surface area contributed by atoms with Gasteiger partial charge in [-0.2, -0.15) is 0 Å². The molecule has 2 saturated carbocycles. The molecule has 2 aliphatic rings. The van der Waals surface area contributed by atoms with Gasteiger partial charge in [0, 0.05) is 6.61 Å². The van der Waals surface area contributed by atoms with E-state index >= 15 is 0 Å². The Balaban J connectivity index is 1.63. The lowest BCUT2D eigenvalue weighted by molar-refractivity contribution is 0.00645. The molecule has 1 heteroatoms. The lowest BCUT2D eigenvalue weighted by Gasteiger charge is -2.37. The van der Waals surface area contributed by atoms with Gasteiger partial charge in [0.25, 0.3) is 0 Å². The second kappa shape index (κ2) is 9.66. The molecular weight excluding hydrogens is 256 g/mol. The summed E-state index contributed by atoms with van der Waals surface area (Å²) in [7, 11) is 0. The van der Waals surface area contributed by atoms with Crippen LogP contribution in [0, 0.1) is 17.8 Å². The Morgan fingerprint density at radius 3 is 2.05 bits per heavy atom. The molecule has 0 heterocycles. The molecule has 1 nitrogen and oxygen atoms in total. The van der Waals surface area contributed by atoms with E-state index in [1.54, 1.807) is 0 Å². The van der Waals surface area contributed by atoms with Crippen LogP contribution in [0.4, 0.5) is 0 Å². The molecule has 0 atom stereocenters. The normalized spacial score (nSPS) is 34.4. The standard InChI is InChI=1S/C20H36O/c1-3-5-7-17-8-10-18(11-9-17)19-12-14-20(15-13-19)21-16-6-4-2/h5,7,17-20H,3-4,6,8-16H2,1-2H3/b7-5+/t17-,18-,19?,20?. The van der Waals surface area contributed by atoms with Crippen LogP contribution in [0.5, 0.6) is 0 Å². The van der Waals surface area contributed by atoms with Gasteiger partial charge in [-0.3, -0.25) is 0 Å². The van der Waals surface area contributed by atoms with Crippen molar-refractivity contribution in [1.82, 2.24) is 0 Å². The number of hydrogen-bond acceptors (Lipinski definition) is 1. The van der Waals surface area contributed by atoms with Crippen LogP contribution in [0.3, 0.4) is 0 Å². The smallest absolute Gasteiger partial charge is 0.0575 e. The van der Waals surface area contributed by atoms with Crippen LogP contribution in [-0.4, -0.2) is 12.7 Å². The van der Waals surface area contributed by atoms with Crippen molar-refractivity contribution in [2.75, 3.05) is 6.61 Å². The minimum atomic E-state index is 0.580. The number of unbranched alkanes of at least 4 members (excludes halogenated alkanes) is 1. The highest BCUT2D eigenvalue weighted by molar-refractivity contribution is 4.92. The zero-order valence-electron chi connectivity index (χ0n) is 14.4. The number of rotatable bonds is 7. The predicted octanol–water partition coefficient (Wildman–Crippen LogP) is 6.13. The predicted molar refractivity (Wildman–Crippen MR) is 91.5 cm³/mol. The maximum absolute atomic E-state index is 6.01. The van der Waals surface area contributed by atoms with Gasteiger partial charge in [-0.05, 0) is 82.0 Å². The fourth-order valence-electron chi connectivity index (χ4n) is 4.26. The van der Waals surface area contributed by atoms with Gasteiger partial charge in [0.05, 0.1) is 6.10 Å². The molecule has 0 N–H and O–H groups in total. The summed E-state index contributed by atoms with van der Waals surface area (Å²) in [5.41, 5.74) is 0. The Morgan fingerprint density at radius 2 is 1.48 bits per heavy atom. The Labute approximate surface area is 132 Å². The maximum atomic E-state index is 6.01. The topological polar surface area (TPSA) is 9.23 Å². The van der Waals surface area contributed by atoms with Gasteiger partial charge in [0.15, 0.2) is 0 Å². The highest BCUT2D eigenvalue weighted by Crippen LogP contribution is 2.40. The lowest BCUT2D eigenvalue weighted by Crippen LogP contribution is -2.28. The van der Waals surface area contributed by atoms with Gasteiger partial charge in [0.1, 0.15) is 0 Å². The van der Waals surface area contributed by atoms with E-state index in [1.807, 2.05) is 0 Å². The molecule has 21 heavy (non-hydrogen) atoms. The van der Waals surface area contributed by atoms with Crippen LogP contribution in [-0.2, 0) is 4.74 Å². The van der Waals surface area contributed by atoms with Crippen LogP contribution in [0.15, 0.2) is 12.2 Å². The number of hydrogen-bond donors (Lipinski definition) is 0. The minimum Gasteiger partial charge on any atom is -0.378 e. The third-order valence-corrected chi connectivity index (χ3v) is 5.70. The van der Waals surface area contributed by atoms with E-state index in [-0.39, 0.29) is 0 Å². The third-order valence-electron chi connectivity index (χ3n) is 5.70. The highest BCUT2D eigenvalue weighted by atomic mass is 16.5. The summed E-state index contributed by atoms with van der Waals surface area (Å²) in [5, 5.41) is 0. The van der Waals surface area contributed by atoms with Gasteiger partial charge in [-0.1, -0.05) is 32.4 Å². The summed E-state index contributed by atoms with van der Waals surface area (Å²) in [4.78, 5) is 0. The van der Waals surface area contributed by atoms with E-state index in [0.29, 0.717) is 6.10 Å². The van der Waals surface area contributed by atoms with Crippen molar-refractivity contribution in [3.63, 3.8) is 0 Å². The monoisotopic (exact) mass is 292 g/mol. The number of allylic oxidation sites excluding steroid dienone is 2. The van der Waals surface area contributed by atoms with Crippen LogP contribution in [0.1, 0.15) is 84.5 Å². The molecule has 0 spiro atoms. The van der Waals surface area contributed by atoms with Crippen LogP contribution >= 0.6 is 0 Å². The van der Waals surface area contributed by atoms with Crippen molar-refractivity contribution in [3.8, 4) is 0 Å². The Bertz CT molecular complexity index is 280. The average Bonchev–Trinajstić information content (AvgIpc) is 2.54. The van der Waals surface area contributed by atoms with Crippen molar-refractivity contribution in [3.05, 3.63) is 12.2 Å². The molecule has 0 amide bonds. The van der Waals surface area contributed by atoms with E-state index in [9.17, 15) is 0 Å². The van der Waals surface area contributed by atoms with E-state index in [4.69, 9.17) is 4.74 Å². The van der Waals surface area contributed by atoms with Gasteiger partial charge in [0.2, 0.25) is 0 Å². The second-order valence-electron chi connectivity index (χ2n) is 7.27. The summed E-state index contributed by atoms with van der Waals surface area (Å²) in [6.07, 6.45) is 20.4. The SMILES string of the molecule is CC/C=C/[C@H]1CC[C@H](C2CCC(OCCCC)CC2)CC1. The van der Waals surface area contributed by atoms with E-state index in [2.05, 4.69) is 26.0 Å². The quantitative estimate of drug-likeness (QED) is 0.405. The maximum Gasteiger partial charge on any atom is 0.0575 e. The molecule has 0 unspecified atom stereocenters. The molecule has 2 rings (SSSR count). The average molecular weight is 293 g/mol. The van der Waals surface area contributed by atoms with E-state index < -0.39 is 0 Å². The van der Waals surface area contributed by atoms with Crippen LogP contribution < -0.4 is 0 Å². The third kappa shape index (κ3) is 5.77. The second-order valence-corrected chi connectivity index (χ2v) is 7.27. The molecule has 0 saturated heterocycles. The lowest BCUT2D eigenvalue weighted by atomic mass is 9.70. The first-order valence-electron chi connectivity index (χ1n) is 9.61. The number of ether oxygens (including phenoxy) is 1. The Hall–Kier alpha value is -0.300. The molecule has 0 bridgehead atoms. The molecule has 2 aliphatic carbocycles. The van der Waals surface area contributed by atoms with Crippen LogP contribution in [0.25, 0.3) is 0 Å². The summed E-state index contributed by atoms with van der Waals surface area (Å²) in [5.74, 6) is 2.91. The Kier molecular flexibility index (Phi) is 7.85. The molecule has 0 aromatic carbocycles.